The average Bonchev–Trinajstić information content (AvgIpc) is 3.03. The number of carbonyl (C=O) groups is 1. The molecule has 0 spiro atoms. The highest BCUT2D eigenvalue weighted by molar-refractivity contribution is 7.89. The summed E-state index contributed by atoms with van der Waals surface area (Å²) in [7, 11) is -4.81. The fraction of sp³-hybridized carbons (Fsp3) is 0.412. The highest BCUT2D eigenvalue weighted by Gasteiger charge is 2.38. The molecule has 0 saturated carbocycles. The van der Waals surface area contributed by atoms with Crippen molar-refractivity contribution in [1.29, 1.82) is 0 Å². The smallest absolute Gasteiger partial charge is 0.350 e. The van der Waals surface area contributed by atoms with E-state index in [9.17, 15) is 26.4 Å². The minimum atomic E-state index is -4.81. The molecule has 156 valence electrons. The summed E-state index contributed by atoms with van der Waals surface area (Å²) in [6, 6.07) is 4.07. The van der Waals surface area contributed by atoms with Gasteiger partial charge in [-0.3, -0.25) is 4.79 Å². The number of aromatic nitrogens is 2. The van der Waals surface area contributed by atoms with Gasteiger partial charge in [-0.2, -0.15) is 13.1 Å². The van der Waals surface area contributed by atoms with E-state index in [1.54, 1.807) is 0 Å². The number of rotatable bonds is 3. The number of nitrogen functional groups attached to an aromatic ring is 1. The summed E-state index contributed by atoms with van der Waals surface area (Å²) in [6.45, 7) is -0.135. The lowest BCUT2D eigenvalue weighted by molar-refractivity contribution is 0.0849. The van der Waals surface area contributed by atoms with Gasteiger partial charge in [0.2, 0.25) is 0 Å². The molecule has 2 aromatic rings. The maximum absolute atomic E-state index is 13.7. The van der Waals surface area contributed by atoms with E-state index in [0.29, 0.717) is 34.1 Å². The normalized spacial score (nSPS) is 19.5. The van der Waals surface area contributed by atoms with Gasteiger partial charge in [-0.1, -0.05) is 0 Å². The highest BCUT2D eigenvalue weighted by Crippen LogP contribution is 2.35. The van der Waals surface area contributed by atoms with Crippen molar-refractivity contribution < 1.29 is 26.4 Å². The van der Waals surface area contributed by atoms with E-state index in [-0.39, 0.29) is 24.5 Å². The maximum Gasteiger partial charge on any atom is 0.350 e. The molecule has 29 heavy (non-hydrogen) atoms. The quantitative estimate of drug-likeness (QED) is 0.769. The number of alkyl halides is 2. The zero-order valence-corrected chi connectivity index (χ0v) is 15.9. The van der Waals surface area contributed by atoms with Crippen molar-refractivity contribution >= 4 is 27.4 Å². The van der Waals surface area contributed by atoms with Crippen LogP contribution in [-0.2, 0) is 23.0 Å². The van der Waals surface area contributed by atoms with Crippen LogP contribution in [0.5, 0.6) is 0 Å². The van der Waals surface area contributed by atoms with Crippen molar-refractivity contribution in [1.82, 2.24) is 14.1 Å². The molecule has 0 fully saturated rings. The van der Waals surface area contributed by atoms with Crippen LogP contribution in [0.1, 0.15) is 34.0 Å². The molecule has 0 radical (unpaired) electrons. The second kappa shape index (κ2) is 7.02. The summed E-state index contributed by atoms with van der Waals surface area (Å²) in [4.78, 5) is 13.2. The van der Waals surface area contributed by atoms with E-state index in [0.717, 1.165) is 4.68 Å². The Bertz CT molecular complexity index is 1090. The first-order valence-electron chi connectivity index (χ1n) is 8.91. The fourth-order valence-electron chi connectivity index (χ4n) is 3.83. The first-order valence-corrected chi connectivity index (χ1v) is 10.4. The van der Waals surface area contributed by atoms with Gasteiger partial charge in [-0.15, -0.1) is 5.10 Å². The van der Waals surface area contributed by atoms with E-state index in [4.69, 9.17) is 5.73 Å². The van der Waals surface area contributed by atoms with E-state index in [1.807, 2.05) is 0 Å². The van der Waals surface area contributed by atoms with Crippen LogP contribution in [0.25, 0.3) is 0 Å². The second-order valence-corrected chi connectivity index (χ2v) is 8.85. The Morgan fingerprint density at radius 2 is 2.10 bits per heavy atom. The zero-order valence-electron chi connectivity index (χ0n) is 15.1. The van der Waals surface area contributed by atoms with Gasteiger partial charge in [-0.05, 0) is 36.6 Å². The number of sulfonamides is 1. The number of anilines is 2. The van der Waals surface area contributed by atoms with Crippen molar-refractivity contribution in [2.24, 2.45) is 0 Å². The second-order valence-electron chi connectivity index (χ2n) is 6.95. The molecular weight excluding hydrogens is 411 g/mol. The number of fused-ring (bicyclic) bond motifs is 2. The molecular formula is C17H18F3N5O3S. The Morgan fingerprint density at radius 1 is 1.34 bits per heavy atom. The molecule has 1 atom stereocenters. The number of hydrogen-bond acceptors (Lipinski definition) is 6. The van der Waals surface area contributed by atoms with Gasteiger partial charge < -0.3 is 11.1 Å². The van der Waals surface area contributed by atoms with Gasteiger partial charge in [0.1, 0.15) is 11.6 Å². The van der Waals surface area contributed by atoms with Crippen LogP contribution in [0.2, 0.25) is 0 Å². The lowest BCUT2D eigenvalue weighted by Crippen LogP contribution is -2.40. The van der Waals surface area contributed by atoms with Gasteiger partial charge in [0, 0.05) is 24.3 Å². The fourth-order valence-corrected chi connectivity index (χ4v) is 4.70. The highest BCUT2D eigenvalue weighted by atomic mass is 32.2. The van der Waals surface area contributed by atoms with Crippen LogP contribution in [-0.4, -0.2) is 47.3 Å². The van der Waals surface area contributed by atoms with Gasteiger partial charge in [0.25, 0.3) is 15.9 Å². The standard InChI is InChI=1S/C17H18F3N5O3S/c18-9-1-2-13-12(7-9)10(3-5-22-13)16(26)25-14-8-24(29(27,28)17(19)20)6-4-11(14)15(21)23-25/h1-2,7,10,17,22H,3-6,8H2,(H2,21,23). The molecule has 1 aromatic heterocycles. The third kappa shape index (κ3) is 3.25. The van der Waals surface area contributed by atoms with Crippen molar-refractivity contribution in [2.45, 2.75) is 31.1 Å². The third-order valence-electron chi connectivity index (χ3n) is 5.29. The molecule has 4 rings (SSSR count). The Balaban J connectivity index is 1.72. The van der Waals surface area contributed by atoms with Crippen LogP contribution < -0.4 is 11.1 Å². The molecule has 12 heteroatoms. The molecule has 0 bridgehead atoms. The number of hydrogen-bond donors (Lipinski definition) is 2. The zero-order chi connectivity index (χ0) is 20.9. The van der Waals surface area contributed by atoms with Crippen molar-refractivity contribution in [2.75, 3.05) is 24.1 Å². The van der Waals surface area contributed by atoms with Crippen LogP contribution >= 0.6 is 0 Å². The number of nitrogens with zero attached hydrogens (tertiary/aromatic N) is 3. The van der Waals surface area contributed by atoms with Gasteiger partial charge in [0.15, 0.2) is 0 Å². The van der Waals surface area contributed by atoms with E-state index >= 15 is 0 Å². The van der Waals surface area contributed by atoms with Gasteiger partial charge >= 0.3 is 5.76 Å². The lowest BCUT2D eigenvalue weighted by Gasteiger charge is -2.28. The van der Waals surface area contributed by atoms with Crippen LogP contribution in [0.15, 0.2) is 18.2 Å². The van der Waals surface area contributed by atoms with Crippen LogP contribution in [0, 0.1) is 5.82 Å². The Hall–Kier alpha value is -2.60. The molecule has 0 aliphatic carbocycles. The minimum absolute atomic E-state index is 0.0517. The third-order valence-corrected chi connectivity index (χ3v) is 6.77. The minimum Gasteiger partial charge on any atom is -0.385 e. The molecule has 0 saturated heterocycles. The number of benzene rings is 1. The number of nitrogens with two attached hydrogens (primary N) is 1. The number of halogens is 3. The first-order chi connectivity index (χ1) is 13.7. The average molecular weight is 429 g/mol. The van der Waals surface area contributed by atoms with Crippen molar-refractivity contribution in [3.8, 4) is 0 Å². The maximum atomic E-state index is 13.7. The van der Waals surface area contributed by atoms with Crippen molar-refractivity contribution in [3.63, 3.8) is 0 Å². The molecule has 1 aromatic carbocycles. The number of nitrogens with one attached hydrogen (secondary N) is 1. The molecule has 3 N–H and O–H groups in total. The summed E-state index contributed by atoms with van der Waals surface area (Å²) >= 11 is 0. The Labute approximate surface area is 164 Å². The molecule has 2 aliphatic heterocycles. The first kappa shape index (κ1) is 19.7. The van der Waals surface area contributed by atoms with Crippen LogP contribution in [0.3, 0.4) is 0 Å². The summed E-state index contributed by atoms with van der Waals surface area (Å²) in [6.07, 6.45) is 0.431. The van der Waals surface area contributed by atoms with Crippen LogP contribution in [0.4, 0.5) is 24.7 Å². The molecule has 2 aliphatic rings. The summed E-state index contributed by atoms with van der Waals surface area (Å²) in [5, 5.41) is 7.13. The largest absolute Gasteiger partial charge is 0.385 e. The SMILES string of the molecule is Nc1nn(C(=O)C2CCNc3ccc(F)cc32)c2c1CCN(S(=O)(=O)C(F)F)C2. The molecule has 3 heterocycles. The van der Waals surface area contributed by atoms with Gasteiger partial charge in [0.05, 0.1) is 18.2 Å². The summed E-state index contributed by atoms with van der Waals surface area (Å²) in [5.74, 6) is -5.25. The molecule has 1 unspecified atom stereocenters. The predicted molar refractivity (Wildman–Crippen MR) is 98.6 cm³/mol. The summed E-state index contributed by atoms with van der Waals surface area (Å²) < 4.78 is 65.0. The number of carbonyl (C=O) groups excluding carboxylic acids is 1. The topological polar surface area (TPSA) is 110 Å². The monoisotopic (exact) mass is 429 g/mol. The van der Waals surface area contributed by atoms with Crippen molar-refractivity contribution in [3.05, 3.63) is 40.8 Å². The van der Waals surface area contributed by atoms with E-state index < -0.39 is 40.0 Å². The Kier molecular flexibility index (Phi) is 4.77. The lowest BCUT2D eigenvalue weighted by atomic mass is 9.90. The molecule has 0 amide bonds. The molecule has 8 nitrogen and oxygen atoms in total. The Morgan fingerprint density at radius 3 is 2.83 bits per heavy atom. The van der Waals surface area contributed by atoms with Gasteiger partial charge in [-0.25, -0.2) is 17.5 Å². The predicted octanol–water partition coefficient (Wildman–Crippen LogP) is 1.75. The van der Waals surface area contributed by atoms with E-state index in [1.165, 1.54) is 18.2 Å². The van der Waals surface area contributed by atoms with E-state index in [2.05, 4.69) is 10.4 Å². The summed E-state index contributed by atoms with van der Waals surface area (Å²) in [5.41, 5.74) is 7.59.